The normalized spacial score (nSPS) is 13.1. The Bertz CT molecular complexity index is 210. The van der Waals surface area contributed by atoms with Gasteiger partial charge in [0.25, 0.3) is 0 Å². The van der Waals surface area contributed by atoms with Crippen molar-refractivity contribution in [3.63, 3.8) is 0 Å². The van der Waals surface area contributed by atoms with Gasteiger partial charge in [-0.3, -0.25) is 0 Å². The van der Waals surface area contributed by atoms with Gasteiger partial charge in [-0.1, -0.05) is 11.3 Å². The van der Waals surface area contributed by atoms with Crippen LogP contribution in [-0.2, 0) is 0 Å². The highest BCUT2D eigenvalue weighted by molar-refractivity contribution is 7.15. The molecule has 3 nitrogen and oxygen atoms in total. The van der Waals surface area contributed by atoms with E-state index in [9.17, 15) is 5.11 Å². The molecule has 1 aromatic heterocycles. The summed E-state index contributed by atoms with van der Waals surface area (Å²) in [5.74, 6) is 0. The summed E-state index contributed by atoms with van der Waals surface area (Å²) in [6.45, 7) is 1.74. The van der Waals surface area contributed by atoms with E-state index >= 15 is 0 Å². The Kier molecular flexibility index (Phi) is 2.46. The van der Waals surface area contributed by atoms with Gasteiger partial charge in [-0.25, -0.2) is 4.98 Å². The van der Waals surface area contributed by atoms with Gasteiger partial charge in [0.15, 0.2) is 5.13 Å². The fourth-order valence-corrected chi connectivity index (χ4v) is 1.45. The van der Waals surface area contributed by atoms with Crippen LogP contribution in [0.1, 0.15) is 17.9 Å². The van der Waals surface area contributed by atoms with Gasteiger partial charge in [0, 0.05) is 20.3 Å². The van der Waals surface area contributed by atoms with E-state index in [0.29, 0.717) is 0 Å². The monoisotopic (exact) mass is 172 g/mol. The number of hydrogen-bond donors (Lipinski definition) is 1. The largest absolute Gasteiger partial charge is 0.388 e. The van der Waals surface area contributed by atoms with Crippen molar-refractivity contribution in [3.8, 4) is 0 Å². The van der Waals surface area contributed by atoms with E-state index in [-0.39, 0.29) is 0 Å². The SMILES string of the molecule is C[C@H](O)c1cnc(N(C)C)s1. The van der Waals surface area contributed by atoms with E-state index < -0.39 is 6.10 Å². The highest BCUT2D eigenvalue weighted by atomic mass is 32.1. The number of thiazole rings is 1. The summed E-state index contributed by atoms with van der Waals surface area (Å²) >= 11 is 1.51. The first-order valence-corrected chi connectivity index (χ1v) is 4.24. The lowest BCUT2D eigenvalue weighted by atomic mass is 10.4. The Morgan fingerprint density at radius 3 is 2.55 bits per heavy atom. The molecule has 1 rings (SSSR count). The minimum Gasteiger partial charge on any atom is -0.388 e. The molecule has 1 aromatic rings. The standard InChI is InChI=1S/C7H12N2OS/c1-5(10)6-4-8-7(11-6)9(2)3/h4-5,10H,1-3H3/t5-/m0/s1. The van der Waals surface area contributed by atoms with Crippen LogP contribution in [0.25, 0.3) is 0 Å². The van der Waals surface area contributed by atoms with Crippen LogP contribution in [0.3, 0.4) is 0 Å². The number of rotatable bonds is 2. The van der Waals surface area contributed by atoms with Crippen molar-refractivity contribution >= 4 is 16.5 Å². The van der Waals surface area contributed by atoms with Crippen molar-refractivity contribution in [2.24, 2.45) is 0 Å². The number of nitrogens with zero attached hydrogens (tertiary/aromatic N) is 2. The van der Waals surface area contributed by atoms with Crippen LogP contribution in [0, 0.1) is 0 Å². The number of aliphatic hydroxyl groups excluding tert-OH is 1. The molecule has 0 fully saturated rings. The van der Waals surface area contributed by atoms with Crippen molar-refractivity contribution in [3.05, 3.63) is 11.1 Å². The fraction of sp³-hybridized carbons (Fsp3) is 0.571. The van der Waals surface area contributed by atoms with Crippen LogP contribution in [0.4, 0.5) is 5.13 Å². The zero-order valence-electron chi connectivity index (χ0n) is 6.90. The maximum atomic E-state index is 9.17. The predicted molar refractivity (Wildman–Crippen MR) is 47.1 cm³/mol. The molecular weight excluding hydrogens is 160 g/mol. The Balaban J connectivity index is 2.82. The molecule has 0 unspecified atom stereocenters. The summed E-state index contributed by atoms with van der Waals surface area (Å²) in [5.41, 5.74) is 0. The molecule has 1 N–H and O–H groups in total. The van der Waals surface area contributed by atoms with E-state index in [1.165, 1.54) is 11.3 Å². The Morgan fingerprint density at radius 2 is 2.27 bits per heavy atom. The molecule has 0 amide bonds. The number of aromatic nitrogens is 1. The molecule has 0 aliphatic rings. The van der Waals surface area contributed by atoms with Crippen LogP contribution in [-0.4, -0.2) is 24.2 Å². The van der Waals surface area contributed by atoms with Crippen LogP contribution in [0.5, 0.6) is 0 Å². The molecule has 11 heavy (non-hydrogen) atoms. The molecule has 0 aliphatic heterocycles. The van der Waals surface area contributed by atoms with Crippen molar-refractivity contribution in [1.82, 2.24) is 4.98 Å². The first-order valence-electron chi connectivity index (χ1n) is 3.42. The Labute approximate surface area is 70.3 Å². The van der Waals surface area contributed by atoms with Gasteiger partial charge >= 0.3 is 0 Å². The summed E-state index contributed by atoms with van der Waals surface area (Å²) in [5, 5.41) is 10.1. The lowest BCUT2D eigenvalue weighted by Crippen LogP contribution is -2.07. The minimum atomic E-state index is -0.402. The number of hydrogen-bond acceptors (Lipinski definition) is 4. The van der Waals surface area contributed by atoms with Gasteiger partial charge in [-0.2, -0.15) is 0 Å². The zero-order chi connectivity index (χ0) is 8.43. The van der Waals surface area contributed by atoms with Crippen LogP contribution < -0.4 is 4.90 Å². The van der Waals surface area contributed by atoms with Gasteiger partial charge in [-0.05, 0) is 6.92 Å². The number of anilines is 1. The third kappa shape index (κ3) is 1.91. The fourth-order valence-electron chi connectivity index (χ4n) is 0.677. The Morgan fingerprint density at radius 1 is 1.64 bits per heavy atom. The third-order valence-corrected chi connectivity index (χ3v) is 2.64. The highest BCUT2D eigenvalue weighted by Gasteiger charge is 2.06. The lowest BCUT2D eigenvalue weighted by Gasteiger charge is -2.05. The predicted octanol–water partition coefficient (Wildman–Crippen LogP) is 1.26. The van der Waals surface area contributed by atoms with Crippen molar-refractivity contribution in [2.75, 3.05) is 19.0 Å². The molecule has 62 valence electrons. The van der Waals surface area contributed by atoms with Gasteiger partial charge in [0.2, 0.25) is 0 Å². The first-order chi connectivity index (χ1) is 5.11. The van der Waals surface area contributed by atoms with Gasteiger partial charge in [0.05, 0.1) is 11.0 Å². The lowest BCUT2D eigenvalue weighted by molar-refractivity contribution is 0.203. The molecule has 0 aromatic carbocycles. The number of aliphatic hydroxyl groups is 1. The molecule has 0 bridgehead atoms. The van der Waals surface area contributed by atoms with Crippen LogP contribution >= 0.6 is 11.3 Å². The second kappa shape index (κ2) is 3.19. The van der Waals surface area contributed by atoms with E-state index in [1.807, 2.05) is 19.0 Å². The third-order valence-electron chi connectivity index (χ3n) is 1.31. The van der Waals surface area contributed by atoms with E-state index in [4.69, 9.17) is 0 Å². The maximum Gasteiger partial charge on any atom is 0.185 e. The van der Waals surface area contributed by atoms with E-state index in [1.54, 1.807) is 13.1 Å². The smallest absolute Gasteiger partial charge is 0.185 e. The molecule has 1 heterocycles. The molecule has 0 radical (unpaired) electrons. The molecule has 0 spiro atoms. The summed E-state index contributed by atoms with van der Waals surface area (Å²) < 4.78 is 0. The highest BCUT2D eigenvalue weighted by Crippen LogP contribution is 2.25. The molecule has 0 aliphatic carbocycles. The van der Waals surface area contributed by atoms with E-state index in [2.05, 4.69) is 4.98 Å². The minimum absolute atomic E-state index is 0.402. The second-order valence-electron chi connectivity index (χ2n) is 2.62. The summed E-state index contributed by atoms with van der Waals surface area (Å²) in [6.07, 6.45) is 1.31. The van der Waals surface area contributed by atoms with Crippen LogP contribution in [0.2, 0.25) is 0 Å². The van der Waals surface area contributed by atoms with Crippen molar-refractivity contribution < 1.29 is 5.11 Å². The average Bonchev–Trinajstić information content (AvgIpc) is 2.33. The first kappa shape index (κ1) is 8.49. The summed E-state index contributed by atoms with van der Waals surface area (Å²) in [7, 11) is 3.87. The van der Waals surface area contributed by atoms with E-state index in [0.717, 1.165) is 10.0 Å². The zero-order valence-corrected chi connectivity index (χ0v) is 7.72. The molecule has 0 saturated carbocycles. The maximum absolute atomic E-state index is 9.17. The van der Waals surface area contributed by atoms with Crippen LogP contribution in [0.15, 0.2) is 6.20 Å². The van der Waals surface area contributed by atoms with Gasteiger partial charge in [-0.15, -0.1) is 0 Å². The molecule has 0 saturated heterocycles. The second-order valence-corrected chi connectivity index (χ2v) is 3.66. The summed E-state index contributed by atoms with van der Waals surface area (Å²) in [6, 6.07) is 0. The Hall–Kier alpha value is -0.610. The van der Waals surface area contributed by atoms with Gasteiger partial charge in [0.1, 0.15) is 0 Å². The van der Waals surface area contributed by atoms with Gasteiger partial charge < -0.3 is 10.0 Å². The topological polar surface area (TPSA) is 36.4 Å². The quantitative estimate of drug-likeness (QED) is 0.729. The average molecular weight is 172 g/mol. The van der Waals surface area contributed by atoms with Crippen molar-refractivity contribution in [2.45, 2.75) is 13.0 Å². The molecule has 4 heteroatoms. The molecule has 1 atom stereocenters. The molecular formula is C7H12N2OS. The van der Waals surface area contributed by atoms with Crippen molar-refractivity contribution in [1.29, 1.82) is 0 Å². The summed E-state index contributed by atoms with van der Waals surface area (Å²) in [4.78, 5) is 6.96.